The monoisotopic (exact) mass is 610 g/mol. The first-order valence-electron chi connectivity index (χ1n) is 10.8. The molecule has 0 aromatic heterocycles. The Hall–Kier alpha value is -3.18. The summed E-state index contributed by atoms with van der Waals surface area (Å²) in [7, 11) is 0. The van der Waals surface area contributed by atoms with E-state index in [1.807, 2.05) is 6.07 Å². The zero-order valence-electron chi connectivity index (χ0n) is 17.9. The van der Waals surface area contributed by atoms with E-state index in [0.29, 0.717) is 5.75 Å². The fourth-order valence-corrected chi connectivity index (χ4v) is 22.7. The SMILES string of the molecule is Oc1ccccc1.c1cc[c]([Pb]([c]2ccccc2)([c]2ccccc2)[c]2ccccc2)cc1. The molecule has 2 heteroatoms. The second-order valence-electron chi connectivity index (χ2n) is 7.55. The molecule has 5 aromatic rings. The van der Waals surface area contributed by atoms with Crippen LogP contribution >= 0.6 is 0 Å². The van der Waals surface area contributed by atoms with Crippen LogP contribution in [0.25, 0.3) is 0 Å². The van der Waals surface area contributed by atoms with Crippen LogP contribution in [0.3, 0.4) is 0 Å². The Morgan fingerprint density at radius 2 is 0.531 bits per heavy atom. The van der Waals surface area contributed by atoms with Crippen LogP contribution in [0.5, 0.6) is 5.75 Å². The van der Waals surface area contributed by atoms with Gasteiger partial charge in [0.25, 0.3) is 0 Å². The van der Waals surface area contributed by atoms with Crippen molar-refractivity contribution in [2.45, 2.75) is 0 Å². The number of phenolic OH excluding ortho intramolecular Hbond substituents is 1. The fourth-order valence-electron chi connectivity index (χ4n) is 4.18. The standard InChI is InChI=1S/C6H6O.4C6H5.Pb/c7-6-4-2-1-3-5-6;4*1-2-4-6-5-3-1;/h1-5,7H;4*1-5H;. The third-order valence-corrected chi connectivity index (χ3v) is 24.2. The van der Waals surface area contributed by atoms with Crippen LogP contribution in [-0.2, 0) is 0 Å². The van der Waals surface area contributed by atoms with Gasteiger partial charge in [0.1, 0.15) is 5.75 Å². The molecule has 5 rings (SSSR count). The minimum absolute atomic E-state index is 0.322. The third kappa shape index (κ3) is 4.83. The van der Waals surface area contributed by atoms with Gasteiger partial charge in [0.15, 0.2) is 0 Å². The van der Waals surface area contributed by atoms with E-state index in [-0.39, 0.29) is 0 Å². The van der Waals surface area contributed by atoms with Crippen molar-refractivity contribution >= 4 is 33.7 Å². The maximum absolute atomic E-state index is 8.63. The van der Waals surface area contributed by atoms with Crippen LogP contribution in [0.1, 0.15) is 0 Å². The average Bonchev–Trinajstić information content (AvgIpc) is 2.88. The van der Waals surface area contributed by atoms with Crippen molar-refractivity contribution in [3.8, 4) is 5.75 Å². The number of rotatable bonds is 4. The van der Waals surface area contributed by atoms with E-state index in [2.05, 4.69) is 121 Å². The van der Waals surface area contributed by atoms with Gasteiger partial charge < -0.3 is 5.11 Å². The molecule has 0 bridgehead atoms. The zero-order valence-corrected chi connectivity index (χ0v) is 21.8. The number of aromatic hydroxyl groups is 1. The van der Waals surface area contributed by atoms with Crippen molar-refractivity contribution in [1.82, 2.24) is 0 Å². The van der Waals surface area contributed by atoms with Crippen LogP contribution < -0.4 is 12.5 Å². The van der Waals surface area contributed by atoms with Crippen LogP contribution in [0.4, 0.5) is 0 Å². The molecule has 32 heavy (non-hydrogen) atoms. The molecular weight excluding hydrogens is 584 g/mol. The topological polar surface area (TPSA) is 20.2 Å². The number of phenols is 1. The van der Waals surface area contributed by atoms with Gasteiger partial charge in [-0.25, -0.2) is 0 Å². The minimum atomic E-state index is -3.48. The third-order valence-electron chi connectivity index (χ3n) is 5.58. The summed E-state index contributed by atoms with van der Waals surface area (Å²) < 4.78 is 5.99. The molecular formula is C30H26OPb. The molecule has 0 aliphatic rings. The molecule has 5 aromatic carbocycles. The Morgan fingerprint density at radius 3 is 0.719 bits per heavy atom. The quantitative estimate of drug-likeness (QED) is 0.299. The summed E-state index contributed by atoms with van der Waals surface area (Å²) >= 11 is -3.48. The van der Waals surface area contributed by atoms with E-state index in [9.17, 15) is 0 Å². The van der Waals surface area contributed by atoms with Gasteiger partial charge in [0.2, 0.25) is 0 Å². The van der Waals surface area contributed by atoms with E-state index in [0.717, 1.165) is 0 Å². The molecule has 0 amide bonds. The molecule has 1 N–H and O–H groups in total. The molecule has 0 aliphatic carbocycles. The second-order valence-corrected chi connectivity index (χ2v) is 22.4. The van der Waals surface area contributed by atoms with Crippen LogP contribution in [-0.4, -0.2) is 26.3 Å². The van der Waals surface area contributed by atoms with Crippen molar-refractivity contribution in [2.24, 2.45) is 0 Å². The first-order chi connectivity index (χ1) is 15.8. The van der Waals surface area contributed by atoms with Crippen molar-refractivity contribution in [2.75, 3.05) is 0 Å². The first kappa shape index (κ1) is 22.0. The van der Waals surface area contributed by atoms with E-state index < -0.39 is 21.2 Å². The molecule has 0 heterocycles. The van der Waals surface area contributed by atoms with Gasteiger partial charge in [-0.05, 0) is 12.1 Å². The molecule has 0 aliphatic heterocycles. The summed E-state index contributed by atoms with van der Waals surface area (Å²) in [4.78, 5) is 0. The number of hydrogen-bond donors (Lipinski definition) is 1. The van der Waals surface area contributed by atoms with E-state index in [1.54, 1.807) is 24.3 Å². The number of benzene rings is 5. The Kier molecular flexibility index (Phi) is 7.52. The van der Waals surface area contributed by atoms with Gasteiger partial charge in [-0.2, -0.15) is 0 Å². The fraction of sp³-hybridized carbons (Fsp3) is 0. The van der Waals surface area contributed by atoms with Crippen molar-refractivity contribution in [1.29, 1.82) is 0 Å². The molecule has 0 saturated heterocycles. The van der Waals surface area contributed by atoms with Gasteiger partial charge in [-0.1, -0.05) is 18.2 Å². The van der Waals surface area contributed by atoms with E-state index in [1.165, 1.54) is 12.5 Å². The normalized spacial score (nSPS) is 10.6. The summed E-state index contributed by atoms with van der Waals surface area (Å²) in [5.41, 5.74) is 0. The Morgan fingerprint density at radius 1 is 0.312 bits per heavy atom. The van der Waals surface area contributed by atoms with Crippen LogP contribution in [0.15, 0.2) is 152 Å². The number of para-hydroxylation sites is 1. The van der Waals surface area contributed by atoms with Gasteiger partial charge in [0, 0.05) is 0 Å². The first-order valence-corrected chi connectivity index (χ1v) is 18.6. The Labute approximate surface area is 195 Å². The predicted molar refractivity (Wildman–Crippen MR) is 138 cm³/mol. The molecule has 1 nitrogen and oxygen atoms in total. The Balaban J connectivity index is 0.000000300. The molecule has 0 fully saturated rings. The van der Waals surface area contributed by atoms with Crippen LogP contribution in [0.2, 0.25) is 0 Å². The summed E-state index contributed by atoms with van der Waals surface area (Å²) in [6.45, 7) is 0. The molecule has 0 radical (unpaired) electrons. The summed E-state index contributed by atoms with van der Waals surface area (Å²) in [6.07, 6.45) is 0. The summed E-state index contributed by atoms with van der Waals surface area (Å²) in [5, 5.41) is 8.63. The van der Waals surface area contributed by atoms with Crippen molar-refractivity contribution < 1.29 is 5.11 Å². The number of hydrogen-bond acceptors (Lipinski definition) is 1. The van der Waals surface area contributed by atoms with Crippen LogP contribution in [0, 0.1) is 0 Å². The van der Waals surface area contributed by atoms with Crippen molar-refractivity contribution in [3.63, 3.8) is 0 Å². The summed E-state index contributed by atoms with van der Waals surface area (Å²) in [6, 6.07) is 53.2. The zero-order chi connectivity index (χ0) is 22.1. The molecule has 0 spiro atoms. The second kappa shape index (κ2) is 10.9. The maximum atomic E-state index is 8.63. The van der Waals surface area contributed by atoms with Gasteiger partial charge in [0.05, 0.1) is 0 Å². The van der Waals surface area contributed by atoms with E-state index in [4.69, 9.17) is 5.11 Å². The van der Waals surface area contributed by atoms with E-state index >= 15 is 0 Å². The van der Waals surface area contributed by atoms with Gasteiger partial charge in [-0.15, -0.1) is 0 Å². The average molecular weight is 610 g/mol. The predicted octanol–water partition coefficient (Wildman–Crippen LogP) is 4.46. The Bertz CT molecular complexity index is 1030. The van der Waals surface area contributed by atoms with Gasteiger partial charge >= 0.3 is 155 Å². The van der Waals surface area contributed by atoms with Crippen molar-refractivity contribution in [3.05, 3.63) is 152 Å². The molecule has 0 saturated carbocycles. The summed E-state index contributed by atoms with van der Waals surface area (Å²) in [5.74, 6) is 0.322. The van der Waals surface area contributed by atoms with Gasteiger partial charge in [-0.3, -0.25) is 0 Å². The molecule has 0 unspecified atom stereocenters. The molecule has 156 valence electrons. The molecule has 0 atom stereocenters.